The van der Waals surface area contributed by atoms with Crippen molar-refractivity contribution in [1.29, 1.82) is 0 Å². The lowest BCUT2D eigenvalue weighted by Crippen LogP contribution is -2.66. The summed E-state index contributed by atoms with van der Waals surface area (Å²) in [4.78, 5) is 0. The van der Waals surface area contributed by atoms with E-state index >= 15 is 0 Å². The van der Waals surface area contributed by atoms with Gasteiger partial charge in [-0.15, -0.1) is 0 Å². The minimum atomic E-state index is -2.91. The van der Waals surface area contributed by atoms with Crippen molar-refractivity contribution in [1.82, 2.24) is 0 Å². The van der Waals surface area contributed by atoms with Crippen LogP contribution in [0.1, 0.15) is 11.1 Å². The van der Waals surface area contributed by atoms with Gasteiger partial charge in [0.1, 0.15) is 7.85 Å². The minimum absolute atomic E-state index is 0.0298. The van der Waals surface area contributed by atoms with Crippen LogP contribution in [0.3, 0.4) is 0 Å². The highest BCUT2D eigenvalue weighted by Crippen LogP contribution is 2.52. The van der Waals surface area contributed by atoms with Crippen LogP contribution in [-0.2, 0) is 11.3 Å². The van der Waals surface area contributed by atoms with Gasteiger partial charge in [0.15, 0.2) is 17.2 Å². The van der Waals surface area contributed by atoms with Crippen LogP contribution in [-0.4, -0.2) is 40.8 Å². The molecule has 0 amide bonds. The number of hydrogen-bond acceptors (Lipinski definition) is 7. The van der Waals surface area contributed by atoms with Gasteiger partial charge in [-0.25, -0.2) is 0 Å². The van der Waals surface area contributed by atoms with Crippen molar-refractivity contribution in [2.45, 2.75) is 17.0 Å². The highest BCUT2D eigenvalue weighted by Gasteiger charge is 2.66. The number of rotatable bonds is 0. The molecule has 7 nitrogen and oxygen atoms in total. The lowest BCUT2D eigenvalue weighted by Gasteiger charge is -2.38. The van der Waals surface area contributed by atoms with Gasteiger partial charge < -0.3 is 29.9 Å². The molecule has 1 aromatic carbocycles. The second kappa shape index (κ2) is 2.98. The molecule has 0 aromatic heterocycles. The molecule has 2 unspecified atom stereocenters. The Kier molecular flexibility index (Phi) is 1.95. The third-order valence-electron chi connectivity index (χ3n) is 3.41. The first kappa shape index (κ1) is 11.8. The first-order valence-electron chi connectivity index (χ1n) is 5.11. The fourth-order valence-electron chi connectivity index (χ4n) is 2.22. The predicted octanol–water partition coefficient (Wildman–Crippen LogP) is -2.47. The molecule has 0 saturated heterocycles. The summed E-state index contributed by atoms with van der Waals surface area (Å²) in [6.07, 6.45) is 0. The predicted molar refractivity (Wildman–Crippen MR) is 57.5 cm³/mol. The van der Waals surface area contributed by atoms with Crippen LogP contribution >= 0.6 is 0 Å². The zero-order chi connectivity index (χ0) is 13.3. The first-order valence-corrected chi connectivity index (χ1v) is 5.11. The van der Waals surface area contributed by atoms with Crippen molar-refractivity contribution in [3.8, 4) is 11.5 Å². The number of ether oxygens (including phenoxy) is 2. The van der Waals surface area contributed by atoms with Crippen LogP contribution in [0.5, 0.6) is 11.5 Å². The van der Waals surface area contributed by atoms with Crippen molar-refractivity contribution >= 4 is 7.85 Å². The Morgan fingerprint density at radius 1 is 1.06 bits per heavy atom. The topological polar surface area (TPSA) is 125 Å². The van der Waals surface area contributed by atoms with E-state index in [2.05, 4.69) is 0 Å². The quantitative estimate of drug-likeness (QED) is 0.255. The molecule has 2 atom stereocenters. The average Bonchev–Trinajstić information content (AvgIpc) is 2.76. The molecular formula is C10H10BNO6. The Morgan fingerprint density at radius 3 is 2.11 bits per heavy atom. The van der Waals surface area contributed by atoms with E-state index in [1.165, 1.54) is 12.1 Å². The van der Waals surface area contributed by atoms with Crippen molar-refractivity contribution < 1.29 is 29.9 Å². The van der Waals surface area contributed by atoms with Crippen molar-refractivity contribution in [3.63, 3.8) is 0 Å². The summed E-state index contributed by atoms with van der Waals surface area (Å²) in [5.41, 5.74) is -0.428. The normalized spacial score (nSPS) is 35.6. The average molecular weight is 251 g/mol. The Bertz CT molecular complexity index is 496. The maximum Gasteiger partial charge on any atom is 0.236 e. The minimum Gasteiger partial charge on any atom is -0.454 e. The highest BCUT2D eigenvalue weighted by atomic mass is 16.7. The summed E-state index contributed by atoms with van der Waals surface area (Å²) in [5.74, 6) is -2.40. The van der Waals surface area contributed by atoms with Gasteiger partial charge >= 0.3 is 0 Å². The van der Waals surface area contributed by atoms with Gasteiger partial charge in [-0.05, 0) is 17.7 Å². The van der Waals surface area contributed by atoms with Crippen LogP contribution in [0.25, 0.3) is 0 Å². The molecule has 0 saturated carbocycles. The third-order valence-corrected chi connectivity index (χ3v) is 3.41. The molecule has 2 radical (unpaired) electrons. The molecule has 1 aliphatic carbocycles. The van der Waals surface area contributed by atoms with E-state index in [4.69, 9.17) is 23.1 Å². The van der Waals surface area contributed by atoms with Crippen LogP contribution in [0.2, 0.25) is 0 Å². The zero-order valence-corrected chi connectivity index (χ0v) is 9.12. The van der Waals surface area contributed by atoms with E-state index in [0.717, 1.165) is 0 Å². The maximum atomic E-state index is 10.0. The Hall–Kier alpha value is -1.32. The number of benzene rings is 1. The van der Waals surface area contributed by atoms with E-state index in [1.54, 1.807) is 0 Å². The molecule has 1 aromatic rings. The molecule has 2 aliphatic rings. The lowest BCUT2D eigenvalue weighted by atomic mass is 9.71. The van der Waals surface area contributed by atoms with Gasteiger partial charge in [-0.3, -0.25) is 5.73 Å². The summed E-state index contributed by atoms with van der Waals surface area (Å²) in [5, 5.41) is 39.7. The van der Waals surface area contributed by atoms with Crippen molar-refractivity contribution in [3.05, 3.63) is 23.3 Å². The molecule has 1 aliphatic heterocycles. The smallest absolute Gasteiger partial charge is 0.236 e. The molecule has 0 spiro atoms. The largest absolute Gasteiger partial charge is 0.454 e. The van der Waals surface area contributed by atoms with Gasteiger partial charge in [-0.2, -0.15) is 0 Å². The van der Waals surface area contributed by atoms with Crippen LogP contribution < -0.4 is 15.2 Å². The molecule has 1 heterocycles. The van der Waals surface area contributed by atoms with Gasteiger partial charge in [0.05, 0.1) is 5.50 Å². The fourth-order valence-corrected chi connectivity index (χ4v) is 2.22. The second-order valence-electron chi connectivity index (χ2n) is 4.46. The first-order chi connectivity index (χ1) is 8.19. The van der Waals surface area contributed by atoms with E-state index in [9.17, 15) is 20.4 Å². The van der Waals surface area contributed by atoms with Crippen molar-refractivity contribution in [2.24, 2.45) is 5.73 Å². The van der Waals surface area contributed by atoms with Crippen LogP contribution in [0, 0.1) is 0 Å². The SMILES string of the molecule is [B]C1(O)c2cc3c(cc2C(O)(O)C1(N)O)OCO3. The Balaban J connectivity index is 2.31. The monoisotopic (exact) mass is 251 g/mol. The Labute approximate surface area is 103 Å². The van der Waals surface area contributed by atoms with E-state index in [1.807, 2.05) is 0 Å². The van der Waals surface area contributed by atoms with Gasteiger partial charge in [0.2, 0.25) is 12.6 Å². The van der Waals surface area contributed by atoms with Crippen LogP contribution in [0.15, 0.2) is 12.1 Å². The summed E-state index contributed by atoms with van der Waals surface area (Å²) in [6.45, 7) is -0.0298. The number of hydrogen-bond donors (Lipinski definition) is 5. The molecular weight excluding hydrogens is 241 g/mol. The summed E-state index contributed by atoms with van der Waals surface area (Å²) < 4.78 is 10.1. The molecule has 8 heteroatoms. The lowest BCUT2D eigenvalue weighted by molar-refractivity contribution is -0.306. The van der Waals surface area contributed by atoms with Gasteiger partial charge in [-0.1, -0.05) is 0 Å². The van der Waals surface area contributed by atoms with E-state index < -0.39 is 17.0 Å². The molecule has 0 bridgehead atoms. The molecule has 18 heavy (non-hydrogen) atoms. The summed E-state index contributed by atoms with van der Waals surface area (Å²) >= 11 is 0. The van der Waals surface area contributed by atoms with Gasteiger partial charge in [0, 0.05) is 5.56 Å². The highest BCUT2D eigenvalue weighted by molar-refractivity contribution is 6.16. The van der Waals surface area contributed by atoms with Gasteiger partial charge in [0.25, 0.3) is 0 Å². The molecule has 3 rings (SSSR count). The maximum absolute atomic E-state index is 10.0. The number of aliphatic hydroxyl groups is 4. The summed E-state index contributed by atoms with van der Waals surface area (Å²) in [7, 11) is 5.50. The zero-order valence-electron chi connectivity index (χ0n) is 9.12. The second-order valence-corrected chi connectivity index (χ2v) is 4.46. The molecule has 94 valence electrons. The van der Waals surface area contributed by atoms with E-state index in [-0.39, 0.29) is 29.4 Å². The molecule has 6 N–H and O–H groups in total. The van der Waals surface area contributed by atoms with Crippen molar-refractivity contribution in [2.75, 3.05) is 6.79 Å². The third kappa shape index (κ3) is 1.07. The van der Waals surface area contributed by atoms with E-state index in [0.29, 0.717) is 0 Å². The number of fused-ring (bicyclic) bond motifs is 2. The Morgan fingerprint density at radius 2 is 1.56 bits per heavy atom. The fraction of sp³-hybridized carbons (Fsp3) is 0.400. The number of nitrogens with two attached hydrogens (primary N) is 1. The molecule has 0 fully saturated rings. The van der Waals surface area contributed by atoms with Crippen LogP contribution in [0.4, 0.5) is 0 Å². The summed E-state index contributed by atoms with van der Waals surface area (Å²) in [6, 6.07) is 2.46. The standard InChI is InChI=1S/C10H10BNO6/c11-8(13)4-1-6-7(18-3-17-6)2-5(4)9(14,15)10(8,12)16/h1-2,13-16H,3,12H2.